The van der Waals surface area contributed by atoms with Crippen LogP contribution in [0.1, 0.15) is 30.7 Å². The van der Waals surface area contributed by atoms with Gasteiger partial charge < -0.3 is 9.72 Å². The van der Waals surface area contributed by atoms with Crippen molar-refractivity contribution in [3.8, 4) is 11.4 Å². The summed E-state index contributed by atoms with van der Waals surface area (Å²) in [4.78, 5) is 10.5. The molecule has 4 heteroatoms. The van der Waals surface area contributed by atoms with Gasteiger partial charge in [0.05, 0.1) is 11.8 Å². The second-order valence-electron chi connectivity index (χ2n) is 6.21. The first-order valence-corrected chi connectivity index (χ1v) is 8.13. The molecule has 22 heavy (non-hydrogen) atoms. The number of ether oxygens (including phenoxy) is 1. The molecule has 1 fully saturated rings. The highest BCUT2D eigenvalue weighted by Crippen LogP contribution is 2.19. The van der Waals surface area contributed by atoms with Crippen LogP contribution >= 0.6 is 0 Å². The fourth-order valence-corrected chi connectivity index (χ4v) is 3.00. The number of aromatic amines is 1. The van der Waals surface area contributed by atoms with Gasteiger partial charge in [-0.3, -0.25) is 4.90 Å². The van der Waals surface area contributed by atoms with Gasteiger partial charge >= 0.3 is 0 Å². The topological polar surface area (TPSA) is 41.2 Å². The lowest BCUT2D eigenvalue weighted by Crippen LogP contribution is -2.33. The van der Waals surface area contributed by atoms with E-state index in [4.69, 9.17) is 9.72 Å². The van der Waals surface area contributed by atoms with Gasteiger partial charge in [-0.25, -0.2) is 4.98 Å². The number of hydrogen-bond acceptors (Lipinski definition) is 3. The molecule has 1 aliphatic heterocycles. The van der Waals surface area contributed by atoms with Crippen LogP contribution in [-0.4, -0.2) is 41.2 Å². The first-order valence-electron chi connectivity index (χ1n) is 8.13. The zero-order valence-corrected chi connectivity index (χ0v) is 13.5. The Morgan fingerprint density at radius 2 is 2.09 bits per heavy atom. The molecule has 0 spiro atoms. The molecule has 1 saturated heterocycles. The second kappa shape index (κ2) is 7.07. The van der Waals surface area contributed by atoms with Gasteiger partial charge in [0.2, 0.25) is 0 Å². The Bertz CT molecular complexity index is 588. The molecular formula is C18H25N3O. The molecule has 2 aromatic rings. The molecule has 3 rings (SSSR count). The van der Waals surface area contributed by atoms with E-state index < -0.39 is 0 Å². The number of hydrogen-bond donors (Lipinski definition) is 1. The van der Waals surface area contributed by atoms with Crippen LogP contribution in [-0.2, 0) is 11.3 Å². The van der Waals surface area contributed by atoms with E-state index in [0.717, 1.165) is 42.5 Å². The van der Waals surface area contributed by atoms with Gasteiger partial charge in [0, 0.05) is 31.0 Å². The summed E-state index contributed by atoms with van der Waals surface area (Å²) in [6.45, 7) is 4.85. The van der Waals surface area contributed by atoms with Crippen LogP contribution in [0, 0.1) is 6.92 Å². The summed E-state index contributed by atoms with van der Waals surface area (Å²) in [5, 5.41) is 0. The van der Waals surface area contributed by atoms with E-state index in [0.29, 0.717) is 6.10 Å². The van der Waals surface area contributed by atoms with E-state index in [-0.39, 0.29) is 0 Å². The van der Waals surface area contributed by atoms with E-state index in [9.17, 15) is 0 Å². The Morgan fingerprint density at radius 3 is 2.82 bits per heavy atom. The standard InChI is InChI=1S/C18H25N3O/c1-14-17(13-21(2)12-16-10-6-7-11-22-16)20-18(19-14)15-8-4-3-5-9-15/h3-5,8-9,16H,6-7,10-13H2,1-2H3,(H,19,20)/t16-/m0/s1. The van der Waals surface area contributed by atoms with Gasteiger partial charge in [0.15, 0.2) is 0 Å². The lowest BCUT2D eigenvalue weighted by molar-refractivity contribution is -0.00275. The van der Waals surface area contributed by atoms with Crippen molar-refractivity contribution in [3.63, 3.8) is 0 Å². The zero-order chi connectivity index (χ0) is 15.4. The molecule has 1 aliphatic rings. The molecule has 0 bridgehead atoms. The van der Waals surface area contributed by atoms with E-state index >= 15 is 0 Å². The van der Waals surface area contributed by atoms with Crippen LogP contribution in [0.3, 0.4) is 0 Å². The maximum atomic E-state index is 5.82. The van der Waals surface area contributed by atoms with Crippen molar-refractivity contribution in [2.24, 2.45) is 0 Å². The minimum absolute atomic E-state index is 0.381. The number of nitrogens with one attached hydrogen (secondary N) is 1. The highest BCUT2D eigenvalue weighted by molar-refractivity contribution is 5.55. The summed E-state index contributed by atoms with van der Waals surface area (Å²) in [6, 6.07) is 10.3. The summed E-state index contributed by atoms with van der Waals surface area (Å²) in [5.74, 6) is 0.954. The summed E-state index contributed by atoms with van der Waals surface area (Å²) >= 11 is 0. The number of likely N-dealkylation sites (N-methyl/N-ethyl adjacent to an activating group) is 1. The summed E-state index contributed by atoms with van der Waals surface area (Å²) in [7, 11) is 2.15. The van der Waals surface area contributed by atoms with Crippen molar-refractivity contribution >= 4 is 0 Å². The Kier molecular flexibility index (Phi) is 4.90. The Balaban J connectivity index is 1.63. The predicted molar refractivity (Wildman–Crippen MR) is 88.7 cm³/mol. The molecule has 0 aliphatic carbocycles. The molecule has 1 N–H and O–H groups in total. The van der Waals surface area contributed by atoms with Gasteiger partial charge in [0.25, 0.3) is 0 Å². The van der Waals surface area contributed by atoms with Gasteiger partial charge in [-0.15, -0.1) is 0 Å². The second-order valence-corrected chi connectivity index (χ2v) is 6.21. The fraction of sp³-hybridized carbons (Fsp3) is 0.500. The van der Waals surface area contributed by atoms with Crippen LogP contribution in [0.25, 0.3) is 11.4 Å². The number of aromatic nitrogens is 2. The fourth-order valence-electron chi connectivity index (χ4n) is 3.00. The predicted octanol–water partition coefficient (Wildman–Crippen LogP) is 3.39. The van der Waals surface area contributed by atoms with Crippen molar-refractivity contribution in [1.82, 2.24) is 14.9 Å². The van der Waals surface area contributed by atoms with Gasteiger partial charge in [-0.05, 0) is 33.2 Å². The molecule has 0 amide bonds. The maximum Gasteiger partial charge on any atom is 0.137 e. The molecule has 1 aromatic heterocycles. The molecular weight excluding hydrogens is 274 g/mol. The average Bonchev–Trinajstić information content (AvgIpc) is 2.90. The zero-order valence-electron chi connectivity index (χ0n) is 13.5. The number of H-pyrrole nitrogens is 1. The molecule has 2 heterocycles. The third kappa shape index (κ3) is 3.76. The van der Waals surface area contributed by atoms with Crippen LogP contribution < -0.4 is 0 Å². The highest BCUT2D eigenvalue weighted by atomic mass is 16.5. The Hall–Kier alpha value is -1.65. The van der Waals surface area contributed by atoms with E-state index in [1.807, 2.05) is 18.2 Å². The normalized spacial score (nSPS) is 18.8. The van der Waals surface area contributed by atoms with Crippen LogP contribution in [0.5, 0.6) is 0 Å². The van der Waals surface area contributed by atoms with Crippen molar-refractivity contribution in [1.29, 1.82) is 0 Å². The van der Waals surface area contributed by atoms with Crippen molar-refractivity contribution < 1.29 is 4.74 Å². The van der Waals surface area contributed by atoms with Crippen LogP contribution in [0.4, 0.5) is 0 Å². The van der Waals surface area contributed by atoms with E-state index in [1.165, 1.54) is 19.3 Å². The largest absolute Gasteiger partial charge is 0.377 e. The molecule has 4 nitrogen and oxygen atoms in total. The Morgan fingerprint density at radius 1 is 1.27 bits per heavy atom. The smallest absolute Gasteiger partial charge is 0.137 e. The third-order valence-corrected chi connectivity index (χ3v) is 4.24. The molecule has 0 unspecified atom stereocenters. The van der Waals surface area contributed by atoms with Crippen LogP contribution in [0.2, 0.25) is 0 Å². The molecule has 0 radical (unpaired) electrons. The number of imidazole rings is 1. The molecule has 1 atom stereocenters. The lowest BCUT2D eigenvalue weighted by Gasteiger charge is -2.27. The lowest BCUT2D eigenvalue weighted by atomic mass is 10.1. The van der Waals surface area contributed by atoms with Crippen molar-refractivity contribution in [3.05, 3.63) is 41.7 Å². The summed E-state index contributed by atoms with van der Waals surface area (Å²) in [6.07, 6.45) is 4.06. The van der Waals surface area contributed by atoms with Crippen molar-refractivity contribution in [2.75, 3.05) is 20.2 Å². The first-order chi connectivity index (χ1) is 10.7. The third-order valence-electron chi connectivity index (χ3n) is 4.24. The van der Waals surface area contributed by atoms with Gasteiger partial charge in [0.1, 0.15) is 5.82 Å². The summed E-state index contributed by atoms with van der Waals surface area (Å²) < 4.78 is 5.82. The number of rotatable bonds is 5. The SMILES string of the molecule is Cc1[nH]c(-c2ccccc2)nc1CN(C)C[C@@H]1CCCCO1. The molecule has 1 aromatic carbocycles. The molecule has 118 valence electrons. The first kappa shape index (κ1) is 15.3. The van der Waals surface area contributed by atoms with Gasteiger partial charge in [-0.1, -0.05) is 30.3 Å². The van der Waals surface area contributed by atoms with E-state index in [2.05, 4.69) is 36.0 Å². The van der Waals surface area contributed by atoms with Crippen molar-refractivity contribution in [2.45, 2.75) is 38.8 Å². The maximum absolute atomic E-state index is 5.82. The van der Waals surface area contributed by atoms with E-state index in [1.54, 1.807) is 0 Å². The highest BCUT2D eigenvalue weighted by Gasteiger charge is 2.17. The number of nitrogens with zero attached hydrogens (tertiary/aromatic N) is 2. The van der Waals surface area contributed by atoms with Gasteiger partial charge in [-0.2, -0.15) is 0 Å². The minimum Gasteiger partial charge on any atom is -0.377 e. The monoisotopic (exact) mass is 299 g/mol. The Labute approximate surface area is 132 Å². The average molecular weight is 299 g/mol. The quantitative estimate of drug-likeness (QED) is 0.920. The van der Waals surface area contributed by atoms with Crippen LogP contribution in [0.15, 0.2) is 30.3 Å². The molecule has 0 saturated carbocycles. The number of aryl methyl sites for hydroxylation is 1. The summed E-state index contributed by atoms with van der Waals surface area (Å²) in [5.41, 5.74) is 3.41. The minimum atomic E-state index is 0.381. The number of benzene rings is 1.